The number of amides is 1. The van der Waals surface area contributed by atoms with Gasteiger partial charge in [-0.2, -0.15) is 0 Å². The van der Waals surface area contributed by atoms with Gasteiger partial charge in [-0.05, 0) is 23.8 Å². The van der Waals surface area contributed by atoms with Crippen molar-refractivity contribution in [3.05, 3.63) is 34.7 Å². The Bertz CT molecular complexity index is 1090. The second-order valence-corrected chi connectivity index (χ2v) is 7.73. The lowest BCUT2D eigenvalue weighted by Gasteiger charge is -2.24. The number of carbonyl (C=O) groups excluding carboxylic acids is 1. The number of hydrogen-bond donors (Lipinski definition) is 2. The number of nitrogens with zero attached hydrogens (tertiary/aromatic N) is 3. The number of aliphatic carboxylic acids is 1. The van der Waals surface area contributed by atoms with E-state index in [0.717, 1.165) is 5.56 Å². The van der Waals surface area contributed by atoms with E-state index in [1.807, 2.05) is 0 Å². The molecule has 0 radical (unpaired) electrons. The van der Waals surface area contributed by atoms with Crippen LogP contribution in [0.15, 0.2) is 33.7 Å². The SMILES string of the molecule is CON=C(C(=O)O)c1csc(N=C2CC(c3cc(OC)c(OC)c(OC)c3)N(C(C)=O)N2)c1. The third-order valence-corrected chi connectivity index (χ3v) is 5.67. The quantitative estimate of drug-likeness (QED) is 0.439. The minimum Gasteiger partial charge on any atom is -0.493 e. The first-order valence-corrected chi connectivity index (χ1v) is 10.6. The third kappa shape index (κ3) is 5.00. The second-order valence-electron chi connectivity index (χ2n) is 6.84. The molecular formula is C21H24N4O7S. The van der Waals surface area contributed by atoms with E-state index in [1.54, 1.807) is 23.6 Å². The van der Waals surface area contributed by atoms with E-state index < -0.39 is 5.97 Å². The van der Waals surface area contributed by atoms with Gasteiger partial charge in [0.1, 0.15) is 17.9 Å². The number of carbonyl (C=O) groups is 2. The average molecular weight is 477 g/mol. The molecule has 3 rings (SSSR count). The molecular weight excluding hydrogens is 452 g/mol. The summed E-state index contributed by atoms with van der Waals surface area (Å²) in [5.41, 5.74) is 3.95. The molecule has 1 fully saturated rings. The van der Waals surface area contributed by atoms with Crippen molar-refractivity contribution in [3.8, 4) is 17.2 Å². The maximum absolute atomic E-state index is 12.3. The third-order valence-electron chi connectivity index (χ3n) is 4.85. The van der Waals surface area contributed by atoms with E-state index >= 15 is 0 Å². The Morgan fingerprint density at radius 2 is 1.79 bits per heavy atom. The summed E-state index contributed by atoms with van der Waals surface area (Å²) in [6, 6.07) is 4.79. The topological polar surface area (TPSA) is 131 Å². The first-order chi connectivity index (χ1) is 15.8. The van der Waals surface area contributed by atoms with E-state index in [4.69, 9.17) is 14.2 Å². The summed E-state index contributed by atoms with van der Waals surface area (Å²) < 4.78 is 16.2. The Morgan fingerprint density at radius 1 is 1.12 bits per heavy atom. The lowest BCUT2D eigenvalue weighted by Crippen LogP contribution is -2.38. The predicted octanol–water partition coefficient (Wildman–Crippen LogP) is 2.74. The van der Waals surface area contributed by atoms with E-state index in [-0.39, 0.29) is 17.7 Å². The lowest BCUT2D eigenvalue weighted by molar-refractivity contribution is -0.132. The van der Waals surface area contributed by atoms with Gasteiger partial charge in [-0.1, -0.05) is 5.16 Å². The van der Waals surface area contributed by atoms with Crippen molar-refractivity contribution in [1.29, 1.82) is 0 Å². The van der Waals surface area contributed by atoms with Crippen LogP contribution in [0.5, 0.6) is 17.2 Å². The zero-order chi connectivity index (χ0) is 24.1. The molecule has 1 amide bonds. The summed E-state index contributed by atoms with van der Waals surface area (Å²) >= 11 is 1.24. The number of amidine groups is 1. The van der Waals surface area contributed by atoms with Gasteiger partial charge in [-0.15, -0.1) is 11.3 Å². The summed E-state index contributed by atoms with van der Waals surface area (Å²) in [4.78, 5) is 32.9. The Morgan fingerprint density at radius 3 is 2.30 bits per heavy atom. The number of oxime groups is 1. The van der Waals surface area contributed by atoms with Crippen LogP contribution in [0.2, 0.25) is 0 Å². The van der Waals surface area contributed by atoms with Crippen LogP contribution in [0, 0.1) is 0 Å². The fourth-order valence-electron chi connectivity index (χ4n) is 3.41. The number of nitrogens with one attached hydrogen (secondary N) is 1. The summed E-state index contributed by atoms with van der Waals surface area (Å²) in [5.74, 6) is 0.530. The van der Waals surface area contributed by atoms with Crippen LogP contribution in [-0.2, 0) is 14.4 Å². The summed E-state index contributed by atoms with van der Waals surface area (Å²) in [7, 11) is 5.84. The highest BCUT2D eigenvalue weighted by Gasteiger charge is 2.34. The molecule has 0 spiro atoms. The summed E-state index contributed by atoms with van der Waals surface area (Å²) in [5, 5.41) is 16.5. The van der Waals surface area contributed by atoms with Crippen LogP contribution in [0.1, 0.15) is 30.5 Å². The maximum Gasteiger partial charge on any atom is 0.358 e. The molecule has 1 aliphatic heterocycles. The van der Waals surface area contributed by atoms with Crippen LogP contribution in [-0.4, -0.2) is 62.0 Å². The number of hydrazine groups is 1. The number of benzene rings is 1. The van der Waals surface area contributed by atoms with Gasteiger partial charge in [0.15, 0.2) is 17.2 Å². The molecule has 2 heterocycles. The first-order valence-electron chi connectivity index (χ1n) is 9.70. The fraction of sp³-hybridized carbons (Fsp3) is 0.333. The van der Waals surface area contributed by atoms with E-state index in [1.165, 1.54) is 51.7 Å². The molecule has 1 aromatic carbocycles. The predicted molar refractivity (Wildman–Crippen MR) is 122 cm³/mol. The molecule has 2 N–H and O–H groups in total. The van der Waals surface area contributed by atoms with Crippen molar-refractivity contribution in [2.45, 2.75) is 19.4 Å². The van der Waals surface area contributed by atoms with Gasteiger partial charge in [-0.3, -0.25) is 10.2 Å². The highest BCUT2D eigenvalue weighted by Crippen LogP contribution is 2.42. The minimum atomic E-state index is -1.21. The van der Waals surface area contributed by atoms with Crippen LogP contribution < -0.4 is 19.6 Å². The van der Waals surface area contributed by atoms with E-state index in [9.17, 15) is 14.7 Å². The average Bonchev–Trinajstić information content (AvgIpc) is 3.43. The zero-order valence-electron chi connectivity index (χ0n) is 18.7. The van der Waals surface area contributed by atoms with Crippen LogP contribution in [0.3, 0.4) is 0 Å². The van der Waals surface area contributed by atoms with Gasteiger partial charge < -0.3 is 24.2 Å². The molecule has 12 heteroatoms. The monoisotopic (exact) mass is 476 g/mol. The van der Waals surface area contributed by atoms with Gasteiger partial charge in [0.05, 0.1) is 27.4 Å². The maximum atomic E-state index is 12.3. The zero-order valence-corrected chi connectivity index (χ0v) is 19.6. The largest absolute Gasteiger partial charge is 0.493 e. The number of methoxy groups -OCH3 is 3. The van der Waals surface area contributed by atoms with Crippen molar-refractivity contribution >= 4 is 39.8 Å². The van der Waals surface area contributed by atoms with Gasteiger partial charge in [0.2, 0.25) is 11.7 Å². The van der Waals surface area contributed by atoms with Gasteiger partial charge in [0.25, 0.3) is 0 Å². The van der Waals surface area contributed by atoms with E-state index in [2.05, 4.69) is 20.4 Å². The highest BCUT2D eigenvalue weighted by molar-refractivity contribution is 7.14. The molecule has 0 saturated carbocycles. The number of ether oxygens (including phenoxy) is 3. The van der Waals surface area contributed by atoms with Crippen LogP contribution >= 0.6 is 11.3 Å². The molecule has 1 aromatic heterocycles. The van der Waals surface area contributed by atoms with Crippen molar-refractivity contribution in [2.75, 3.05) is 28.4 Å². The molecule has 0 aliphatic carbocycles. The lowest BCUT2D eigenvalue weighted by atomic mass is 10.0. The standard InChI is InChI=1S/C21H24N4O7S/c1-11(26)25-14(12-6-15(29-2)20(31-4)16(7-12)30-3)9-17(23-25)22-18-8-13(10-33-18)19(21(27)28)24-32-5/h6-8,10,14H,9H2,1-5H3,(H,22,23)(H,27,28). The number of aliphatic imine (C=N–C) groups is 1. The van der Waals surface area contributed by atoms with Crippen molar-refractivity contribution in [2.24, 2.45) is 10.1 Å². The highest BCUT2D eigenvalue weighted by atomic mass is 32.1. The molecule has 1 atom stereocenters. The van der Waals surface area contributed by atoms with E-state index in [0.29, 0.717) is 40.1 Å². The van der Waals surface area contributed by atoms with Crippen LogP contribution in [0.4, 0.5) is 5.00 Å². The summed E-state index contributed by atoms with van der Waals surface area (Å²) in [6.07, 6.45) is 0.392. The molecule has 0 bridgehead atoms. The first kappa shape index (κ1) is 23.9. The Kier molecular flexibility index (Phi) is 7.38. The molecule has 33 heavy (non-hydrogen) atoms. The summed E-state index contributed by atoms with van der Waals surface area (Å²) in [6.45, 7) is 1.45. The normalized spacial score (nSPS) is 17.0. The van der Waals surface area contributed by atoms with Crippen LogP contribution in [0.25, 0.3) is 0 Å². The number of carboxylic acid groups (broad SMARTS) is 1. The molecule has 1 aliphatic rings. The molecule has 2 aromatic rings. The Labute approximate surface area is 194 Å². The Balaban J connectivity index is 1.94. The molecule has 1 unspecified atom stereocenters. The molecule has 1 saturated heterocycles. The van der Waals surface area contributed by atoms with Crippen molar-refractivity contribution in [1.82, 2.24) is 10.4 Å². The smallest absolute Gasteiger partial charge is 0.358 e. The number of carboxylic acids is 1. The van der Waals surface area contributed by atoms with Crippen molar-refractivity contribution < 1.29 is 33.7 Å². The Hall–Kier alpha value is -3.80. The number of thiophene rings is 1. The molecule has 11 nitrogen and oxygen atoms in total. The van der Waals surface area contributed by atoms with Gasteiger partial charge in [0, 0.05) is 24.3 Å². The number of hydrogen-bond acceptors (Lipinski definition) is 9. The van der Waals surface area contributed by atoms with Gasteiger partial charge >= 0.3 is 5.97 Å². The van der Waals surface area contributed by atoms with Gasteiger partial charge in [-0.25, -0.2) is 14.8 Å². The number of rotatable bonds is 8. The minimum absolute atomic E-state index is 0.203. The van der Waals surface area contributed by atoms with Crippen molar-refractivity contribution in [3.63, 3.8) is 0 Å². The second kappa shape index (κ2) is 10.2. The molecule has 176 valence electrons. The fourth-order valence-corrected chi connectivity index (χ4v) is 4.20.